The second-order valence-electron chi connectivity index (χ2n) is 5.97. The van der Waals surface area contributed by atoms with Gasteiger partial charge in [0, 0.05) is 19.9 Å². The summed E-state index contributed by atoms with van der Waals surface area (Å²) in [6.45, 7) is 2.80. The van der Waals surface area contributed by atoms with Crippen LogP contribution in [0, 0.1) is 6.92 Å². The van der Waals surface area contributed by atoms with Crippen molar-refractivity contribution in [1.29, 1.82) is 0 Å². The number of aliphatic hydroxyl groups excluding tert-OH is 1. The highest BCUT2D eigenvalue weighted by molar-refractivity contribution is 5.88. The number of alkyl halides is 3. The van der Waals surface area contributed by atoms with Crippen LogP contribution < -0.4 is 5.32 Å². The van der Waals surface area contributed by atoms with Crippen molar-refractivity contribution < 1.29 is 27.9 Å². The molecule has 0 saturated carbocycles. The van der Waals surface area contributed by atoms with Gasteiger partial charge >= 0.3 is 6.18 Å². The van der Waals surface area contributed by atoms with Crippen LogP contribution in [0.5, 0.6) is 0 Å². The predicted octanol–water partition coefficient (Wildman–Crippen LogP) is 1.70. The zero-order valence-corrected chi connectivity index (χ0v) is 13.3. The Bertz CT molecular complexity index is 633. The van der Waals surface area contributed by atoms with E-state index < -0.39 is 36.2 Å². The van der Waals surface area contributed by atoms with Crippen molar-refractivity contribution in [3.05, 3.63) is 35.4 Å². The van der Waals surface area contributed by atoms with E-state index in [4.69, 9.17) is 0 Å². The third-order valence-electron chi connectivity index (χ3n) is 3.98. The number of aryl methyl sites for hydroxylation is 1. The Morgan fingerprint density at radius 3 is 2.58 bits per heavy atom. The lowest BCUT2D eigenvalue weighted by molar-refractivity contribution is -0.165. The first-order valence-corrected chi connectivity index (χ1v) is 7.48. The molecule has 0 aliphatic carbocycles. The topological polar surface area (TPSA) is 69.6 Å². The van der Waals surface area contributed by atoms with Gasteiger partial charge in [-0.1, -0.05) is 29.8 Å². The highest BCUT2D eigenvalue weighted by Gasteiger charge is 2.45. The summed E-state index contributed by atoms with van der Waals surface area (Å²) in [7, 11) is 0. The smallest absolute Gasteiger partial charge is 0.391 e. The van der Waals surface area contributed by atoms with Crippen molar-refractivity contribution in [2.75, 3.05) is 6.54 Å². The number of amides is 2. The molecule has 1 aromatic rings. The minimum Gasteiger partial charge on any atom is -0.391 e. The van der Waals surface area contributed by atoms with Crippen molar-refractivity contribution in [3.8, 4) is 0 Å². The van der Waals surface area contributed by atoms with Gasteiger partial charge in [0.2, 0.25) is 11.8 Å². The Kier molecular flexibility index (Phi) is 5.17. The van der Waals surface area contributed by atoms with Gasteiger partial charge in [-0.15, -0.1) is 0 Å². The van der Waals surface area contributed by atoms with Crippen LogP contribution in [0.25, 0.3) is 0 Å². The summed E-state index contributed by atoms with van der Waals surface area (Å²) in [4.78, 5) is 24.9. The fraction of sp³-hybridized carbons (Fsp3) is 0.500. The fourth-order valence-corrected chi connectivity index (χ4v) is 2.85. The number of likely N-dealkylation sites (tertiary alicyclic amines) is 1. The minimum absolute atomic E-state index is 0.0610. The average Bonchev–Trinajstić information content (AvgIpc) is 2.85. The summed E-state index contributed by atoms with van der Waals surface area (Å²) in [6, 6.07) is 2.51. The number of carbonyl (C=O) groups is 2. The highest BCUT2D eigenvalue weighted by Crippen LogP contribution is 2.33. The van der Waals surface area contributed by atoms with E-state index in [0.29, 0.717) is 5.56 Å². The maximum atomic E-state index is 13.4. The van der Waals surface area contributed by atoms with Crippen LogP contribution in [0.15, 0.2) is 24.3 Å². The number of hydrogen-bond donors (Lipinski definition) is 2. The Balaban J connectivity index is 2.24. The van der Waals surface area contributed by atoms with Crippen molar-refractivity contribution in [2.24, 2.45) is 0 Å². The number of carbonyl (C=O) groups excluding carboxylic acids is 2. The lowest BCUT2D eigenvalue weighted by Crippen LogP contribution is -2.48. The molecule has 3 atom stereocenters. The molecule has 1 heterocycles. The van der Waals surface area contributed by atoms with Crippen molar-refractivity contribution in [3.63, 3.8) is 0 Å². The zero-order chi connectivity index (χ0) is 18.1. The first-order chi connectivity index (χ1) is 11.1. The number of benzene rings is 1. The van der Waals surface area contributed by atoms with E-state index in [1.54, 1.807) is 13.0 Å². The first kappa shape index (κ1) is 18.3. The molecule has 0 aromatic heterocycles. The lowest BCUT2D eigenvalue weighted by Gasteiger charge is -2.27. The molecule has 2 N–H and O–H groups in total. The van der Waals surface area contributed by atoms with E-state index in [-0.39, 0.29) is 18.5 Å². The summed E-state index contributed by atoms with van der Waals surface area (Å²) in [5.41, 5.74) is 0.557. The first-order valence-electron chi connectivity index (χ1n) is 7.48. The number of aliphatic hydroxyl groups is 1. The van der Waals surface area contributed by atoms with Gasteiger partial charge in [-0.3, -0.25) is 9.59 Å². The van der Waals surface area contributed by atoms with Gasteiger partial charge in [0.05, 0.1) is 6.10 Å². The highest BCUT2D eigenvalue weighted by atomic mass is 19.4. The number of rotatable bonds is 3. The van der Waals surface area contributed by atoms with E-state index in [9.17, 15) is 27.9 Å². The molecule has 0 radical (unpaired) electrons. The molecule has 1 aromatic carbocycles. The third-order valence-corrected chi connectivity index (χ3v) is 3.98. The summed E-state index contributed by atoms with van der Waals surface area (Å²) in [5, 5.41) is 11.6. The molecule has 1 fully saturated rings. The predicted molar refractivity (Wildman–Crippen MR) is 79.9 cm³/mol. The lowest BCUT2D eigenvalue weighted by atomic mass is 10.0. The molecular formula is C16H19F3N2O3. The molecule has 132 valence electrons. The number of β-amino-alcohol motifs (C(OH)–C–C–N with tert-alkyl or cyclic N) is 1. The average molecular weight is 344 g/mol. The number of nitrogens with one attached hydrogen (secondary N) is 1. The van der Waals surface area contributed by atoms with Gasteiger partial charge in [-0.25, -0.2) is 0 Å². The van der Waals surface area contributed by atoms with Crippen LogP contribution in [-0.2, 0) is 9.59 Å². The van der Waals surface area contributed by atoms with Gasteiger partial charge in [0.25, 0.3) is 0 Å². The maximum Gasteiger partial charge on any atom is 0.412 e. The second kappa shape index (κ2) is 6.80. The summed E-state index contributed by atoms with van der Waals surface area (Å²) in [5.74, 6) is -1.39. The summed E-state index contributed by atoms with van der Waals surface area (Å²) >= 11 is 0. The monoisotopic (exact) mass is 344 g/mol. The molecule has 2 rings (SSSR count). The Hall–Kier alpha value is -2.09. The SMILES string of the molecule is CC(=O)N1C[C@H](O)C[C@@H]1C(=O)N[C@@H](c1cccc(C)c1)C(F)(F)F. The van der Waals surface area contributed by atoms with E-state index >= 15 is 0 Å². The van der Waals surface area contributed by atoms with E-state index in [2.05, 4.69) is 0 Å². The van der Waals surface area contributed by atoms with Gasteiger partial charge in [0.1, 0.15) is 6.04 Å². The normalized spacial score (nSPS) is 22.3. The van der Waals surface area contributed by atoms with Gasteiger partial charge in [-0.05, 0) is 12.5 Å². The number of hydrogen-bond acceptors (Lipinski definition) is 3. The van der Waals surface area contributed by atoms with Crippen molar-refractivity contribution in [2.45, 2.75) is 44.6 Å². The number of nitrogens with zero attached hydrogens (tertiary/aromatic N) is 1. The Labute approximate surface area is 137 Å². The quantitative estimate of drug-likeness (QED) is 0.877. The maximum absolute atomic E-state index is 13.4. The van der Waals surface area contributed by atoms with Crippen LogP contribution in [0.4, 0.5) is 13.2 Å². The van der Waals surface area contributed by atoms with Crippen LogP contribution in [0.2, 0.25) is 0 Å². The van der Waals surface area contributed by atoms with Crippen LogP contribution >= 0.6 is 0 Å². The van der Waals surface area contributed by atoms with Crippen LogP contribution in [-0.4, -0.2) is 46.7 Å². The molecule has 0 spiro atoms. The molecular weight excluding hydrogens is 325 g/mol. The van der Waals surface area contributed by atoms with Gasteiger partial charge in [0.15, 0.2) is 6.04 Å². The van der Waals surface area contributed by atoms with Gasteiger partial charge in [-0.2, -0.15) is 13.2 Å². The Morgan fingerprint density at radius 2 is 2.04 bits per heavy atom. The fourth-order valence-electron chi connectivity index (χ4n) is 2.85. The van der Waals surface area contributed by atoms with Gasteiger partial charge < -0.3 is 15.3 Å². The standard InChI is InChI=1S/C16H19F3N2O3/c1-9-4-3-5-11(6-9)14(16(17,18)19)20-15(24)13-7-12(23)8-21(13)10(2)22/h3-6,12-14,23H,7-8H2,1-2H3,(H,20,24)/t12-,13-,14+/m1/s1. The summed E-state index contributed by atoms with van der Waals surface area (Å²) in [6.07, 6.45) is -5.68. The van der Waals surface area contributed by atoms with E-state index in [0.717, 1.165) is 4.90 Å². The van der Waals surface area contributed by atoms with Crippen LogP contribution in [0.3, 0.4) is 0 Å². The molecule has 1 aliphatic rings. The number of halogens is 3. The van der Waals surface area contributed by atoms with Crippen molar-refractivity contribution in [1.82, 2.24) is 10.2 Å². The molecule has 0 unspecified atom stereocenters. The zero-order valence-electron chi connectivity index (χ0n) is 13.3. The largest absolute Gasteiger partial charge is 0.412 e. The molecule has 1 saturated heterocycles. The molecule has 8 heteroatoms. The van der Waals surface area contributed by atoms with Crippen LogP contribution in [0.1, 0.15) is 30.5 Å². The summed E-state index contributed by atoms with van der Waals surface area (Å²) < 4.78 is 40.1. The van der Waals surface area contributed by atoms with Crippen molar-refractivity contribution >= 4 is 11.8 Å². The van der Waals surface area contributed by atoms with E-state index in [1.807, 2.05) is 5.32 Å². The van der Waals surface area contributed by atoms with E-state index in [1.165, 1.54) is 25.1 Å². The third kappa shape index (κ3) is 4.05. The Morgan fingerprint density at radius 1 is 1.38 bits per heavy atom. The molecule has 24 heavy (non-hydrogen) atoms. The second-order valence-corrected chi connectivity index (χ2v) is 5.97. The molecule has 1 aliphatic heterocycles. The molecule has 0 bridgehead atoms. The molecule has 2 amide bonds. The minimum atomic E-state index is -4.68. The molecule has 5 nitrogen and oxygen atoms in total.